The Hall–Kier alpha value is -1.39. The van der Waals surface area contributed by atoms with Crippen LogP contribution >= 0.6 is 0 Å². The fraction of sp³-hybridized carbons (Fsp3) is 0.667. The van der Waals surface area contributed by atoms with E-state index in [0.29, 0.717) is 25.4 Å². The summed E-state index contributed by atoms with van der Waals surface area (Å²) in [6, 6.07) is 10.7. The quantitative estimate of drug-likeness (QED) is 0.863. The smallest absolute Gasteiger partial charge is 0.236 e. The van der Waals surface area contributed by atoms with Gasteiger partial charge in [-0.15, -0.1) is 0 Å². The minimum atomic E-state index is -0.525. The van der Waals surface area contributed by atoms with E-state index >= 15 is 0 Å². The molecule has 138 valence electrons. The molecule has 1 aliphatic carbocycles. The van der Waals surface area contributed by atoms with Gasteiger partial charge in [0.1, 0.15) is 0 Å². The van der Waals surface area contributed by atoms with Crippen molar-refractivity contribution in [3.8, 4) is 0 Å². The molecule has 0 aromatic heterocycles. The Balaban J connectivity index is 1.40. The van der Waals surface area contributed by atoms with Crippen LogP contribution in [0.5, 0.6) is 0 Å². The van der Waals surface area contributed by atoms with Crippen LogP contribution in [0.2, 0.25) is 0 Å². The maximum atomic E-state index is 12.5. The first-order valence-electron chi connectivity index (χ1n) is 9.79. The number of aliphatic hydroxyl groups is 1. The molecule has 0 unspecified atom stereocenters. The van der Waals surface area contributed by atoms with Crippen molar-refractivity contribution >= 4 is 5.91 Å². The highest BCUT2D eigenvalue weighted by Crippen LogP contribution is 2.32. The molecule has 1 aromatic rings. The second-order valence-electron chi connectivity index (χ2n) is 7.96. The van der Waals surface area contributed by atoms with Crippen LogP contribution in [-0.4, -0.2) is 59.6 Å². The number of likely N-dealkylation sites (N-methyl/N-ethyl adjacent to an activating group) is 1. The van der Waals surface area contributed by atoms with E-state index in [1.807, 2.05) is 7.05 Å². The van der Waals surface area contributed by atoms with Crippen molar-refractivity contribution in [3.05, 3.63) is 35.9 Å². The summed E-state index contributed by atoms with van der Waals surface area (Å²) in [7, 11) is 1.87. The predicted octanol–water partition coefficient (Wildman–Crippen LogP) is 3.02. The highest BCUT2D eigenvalue weighted by atomic mass is 16.3. The average molecular weight is 344 g/mol. The fourth-order valence-electron chi connectivity index (χ4n) is 4.25. The highest BCUT2D eigenvalue weighted by molar-refractivity contribution is 5.78. The molecule has 3 rings (SSSR count). The zero-order valence-corrected chi connectivity index (χ0v) is 15.5. The van der Waals surface area contributed by atoms with E-state index in [1.54, 1.807) is 4.90 Å². The second kappa shape index (κ2) is 8.33. The van der Waals surface area contributed by atoms with Crippen LogP contribution in [0.25, 0.3) is 0 Å². The van der Waals surface area contributed by atoms with Crippen molar-refractivity contribution in [2.45, 2.75) is 56.5 Å². The summed E-state index contributed by atoms with van der Waals surface area (Å²) in [5.74, 6) is 0.807. The average Bonchev–Trinajstić information content (AvgIpc) is 3.08. The molecular weight excluding hydrogens is 312 g/mol. The third-order valence-corrected chi connectivity index (χ3v) is 6.09. The van der Waals surface area contributed by atoms with E-state index in [0.717, 1.165) is 51.6 Å². The molecule has 0 bridgehead atoms. The Bertz CT molecular complexity index is 546. The second-order valence-corrected chi connectivity index (χ2v) is 7.96. The Morgan fingerprint density at radius 2 is 1.84 bits per heavy atom. The van der Waals surface area contributed by atoms with Gasteiger partial charge in [0.25, 0.3) is 0 Å². The zero-order valence-electron chi connectivity index (χ0n) is 15.5. The summed E-state index contributed by atoms with van der Waals surface area (Å²) in [6.45, 7) is 3.15. The summed E-state index contributed by atoms with van der Waals surface area (Å²) in [4.78, 5) is 16.6. The maximum absolute atomic E-state index is 12.5. The van der Waals surface area contributed by atoms with Gasteiger partial charge in [0.15, 0.2) is 0 Å². The lowest BCUT2D eigenvalue weighted by molar-refractivity contribution is -0.132. The molecule has 1 amide bonds. The molecule has 1 aliphatic heterocycles. The van der Waals surface area contributed by atoms with Crippen molar-refractivity contribution in [3.63, 3.8) is 0 Å². The number of likely N-dealkylation sites (tertiary alicyclic amines) is 1. The number of piperidine rings is 1. The first kappa shape index (κ1) is 18.4. The molecule has 25 heavy (non-hydrogen) atoms. The van der Waals surface area contributed by atoms with Gasteiger partial charge in [-0.3, -0.25) is 9.69 Å². The zero-order chi connectivity index (χ0) is 17.7. The minimum Gasteiger partial charge on any atom is -0.390 e. The van der Waals surface area contributed by atoms with Crippen LogP contribution < -0.4 is 0 Å². The normalized spacial score (nSPS) is 21.4. The molecule has 0 atom stereocenters. The SMILES string of the molecule is CN(CCC1(O)CCCC1)C(=O)CN1CCC(c2ccccc2)CC1. The van der Waals surface area contributed by atoms with Gasteiger partial charge in [-0.1, -0.05) is 43.2 Å². The molecule has 1 aromatic carbocycles. The van der Waals surface area contributed by atoms with Gasteiger partial charge in [0.05, 0.1) is 12.1 Å². The van der Waals surface area contributed by atoms with Crippen molar-refractivity contribution in [2.75, 3.05) is 33.2 Å². The topological polar surface area (TPSA) is 43.8 Å². The third kappa shape index (κ3) is 5.05. The van der Waals surface area contributed by atoms with E-state index in [9.17, 15) is 9.90 Å². The Morgan fingerprint density at radius 1 is 1.20 bits per heavy atom. The van der Waals surface area contributed by atoms with Gasteiger partial charge in [-0.05, 0) is 56.7 Å². The monoisotopic (exact) mass is 344 g/mol. The number of benzene rings is 1. The number of hydrogen-bond acceptors (Lipinski definition) is 3. The van der Waals surface area contributed by atoms with Gasteiger partial charge in [0.2, 0.25) is 5.91 Å². The summed E-state index contributed by atoms with van der Waals surface area (Å²) in [5, 5.41) is 10.4. The summed E-state index contributed by atoms with van der Waals surface area (Å²) >= 11 is 0. The third-order valence-electron chi connectivity index (χ3n) is 6.09. The molecule has 0 radical (unpaired) electrons. The van der Waals surface area contributed by atoms with Crippen LogP contribution in [-0.2, 0) is 4.79 Å². The standard InChI is InChI=1S/C21H32N2O2/c1-22(16-13-21(25)11-5-6-12-21)20(24)17-23-14-9-19(10-15-23)18-7-3-2-4-8-18/h2-4,7-8,19,25H,5-6,9-17H2,1H3. The fourth-order valence-corrected chi connectivity index (χ4v) is 4.25. The lowest BCUT2D eigenvalue weighted by Gasteiger charge is -2.33. The maximum Gasteiger partial charge on any atom is 0.236 e. The van der Waals surface area contributed by atoms with E-state index in [4.69, 9.17) is 0 Å². The first-order chi connectivity index (χ1) is 12.1. The molecule has 2 fully saturated rings. The van der Waals surface area contributed by atoms with Gasteiger partial charge in [-0.25, -0.2) is 0 Å². The summed E-state index contributed by atoms with van der Waals surface area (Å²) in [6.07, 6.45) is 6.98. The number of carbonyl (C=O) groups excluding carboxylic acids is 1. The lowest BCUT2D eigenvalue weighted by atomic mass is 9.89. The van der Waals surface area contributed by atoms with E-state index in [-0.39, 0.29) is 5.91 Å². The first-order valence-corrected chi connectivity index (χ1v) is 9.79. The molecule has 4 nitrogen and oxygen atoms in total. The van der Waals surface area contributed by atoms with Crippen molar-refractivity contribution in [2.24, 2.45) is 0 Å². The largest absolute Gasteiger partial charge is 0.390 e. The number of rotatable bonds is 6. The van der Waals surface area contributed by atoms with Gasteiger partial charge >= 0.3 is 0 Å². The van der Waals surface area contributed by atoms with E-state index < -0.39 is 5.60 Å². The molecule has 1 saturated carbocycles. The van der Waals surface area contributed by atoms with Crippen LogP contribution in [0.4, 0.5) is 0 Å². The molecule has 0 spiro atoms. The van der Waals surface area contributed by atoms with Crippen LogP contribution in [0.15, 0.2) is 30.3 Å². The number of nitrogens with zero attached hydrogens (tertiary/aromatic N) is 2. The van der Waals surface area contributed by atoms with Gasteiger partial charge in [0, 0.05) is 13.6 Å². The van der Waals surface area contributed by atoms with Gasteiger partial charge in [-0.2, -0.15) is 0 Å². The van der Waals surface area contributed by atoms with Crippen LogP contribution in [0.3, 0.4) is 0 Å². The Labute approximate surface area is 151 Å². The minimum absolute atomic E-state index is 0.180. The van der Waals surface area contributed by atoms with Crippen molar-refractivity contribution < 1.29 is 9.90 Å². The van der Waals surface area contributed by atoms with Crippen LogP contribution in [0.1, 0.15) is 56.4 Å². The molecule has 1 heterocycles. The van der Waals surface area contributed by atoms with E-state index in [1.165, 1.54) is 5.56 Å². The summed E-state index contributed by atoms with van der Waals surface area (Å²) < 4.78 is 0. The van der Waals surface area contributed by atoms with Gasteiger partial charge < -0.3 is 10.0 Å². The predicted molar refractivity (Wildman–Crippen MR) is 101 cm³/mol. The molecule has 4 heteroatoms. The Morgan fingerprint density at radius 3 is 2.48 bits per heavy atom. The Kier molecular flexibility index (Phi) is 6.13. The number of hydrogen-bond donors (Lipinski definition) is 1. The van der Waals surface area contributed by atoms with Crippen molar-refractivity contribution in [1.29, 1.82) is 0 Å². The highest BCUT2D eigenvalue weighted by Gasteiger charge is 2.31. The summed E-state index contributed by atoms with van der Waals surface area (Å²) in [5.41, 5.74) is 0.901. The molecule has 2 aliphatic rings. The molecule has 1 saturated heterocycles. The van der Waals surface area contributed by atoms with Crippen LogP contribution in [0, 0.1) is 0 Å². The molecular formula is C21H32N2O2. The van der Waals surface area contributed by atoms with E-state index in [2.05, 4.69) is 35.2 Å². The molecule has 1 N–H and O–H groups in total. The number of amides is 1. The van der Waals surface area contributed by atoms with Crippen molar-refractivity contribution in [1.82, 2.24) is 9.80 Å². The lowest BCUT2D eigenvalue weighted by Crippen LogP contribution is -2.43. The number of carbonyl (C=O) groups is 1.